The molecule has 2 aromatic carbocycles. The summed E-state index contributed by atoms with van der Waals surface area (Å²) in [4.78, 5) is 12.1. The Bertz CT molecular complexity index is 697. The highest BCUT2D eigenvalue weighted by Gasteiger charge is 2.13. The third kappa shape index (κ3) is 4.25. The molecule has 120 valence electrons. The molecule has 0 unspecified atom stereocenters. The Morgan fingerprint density at radius 3 is 2.70 bits per heavy atom. The van der Waals surface area contributed by atoms with Gasteiger partial charge in [-0.25, -0.2) is 0 Å². The van der Waals surface area contributed by atoms with Crippen molar-refractivity contribution in [2.75, 3.05) is 19.8 Å². The van der Waals surface area contributed by atoms with Crippen molar-refractivity contribution < 1.29 is 14.3 Å². The largest absolute Gasteiger partial charge is 0.486 e. The Balaban J connectivity index is 1.49. The first-order chi connectivity index (χ1) is 11.2. The van der Waals surface area contributed by atoms with E-state index in [-0.39, 0.29) is 5.91 Å². The van der Waals surface area contributed by atoms with Gasteiger partial charge in [-0.2, -0.15) is 0 Å². The lowest BCUT2D eigenvalue weighted by Crippen LogP contribution is -2.27. The van der Waals surface area contributed by atoms with Crippen molar-refractivity contribution in [3.05, 3.63) is 59.2 Å². The molecule has 0 aromatic heterocycles. The Kier molecular flexibility index (Phi) is 4.81. The molecule has 1 aliphatic heterocycles. The van der Waals surface area contributed by atoms with Crippen LogP contribution in [-0.2, 0) is 17.6 Å². The van der Waals surface area contributed by atoms with E-state index in [1.54, 1.807) is 0 Å². The molecule has 4 nitrogen and oxygen atoms in total. The maximum absolute atomic E-state index is 12.1. The van der Waals surface area contributed by atoms with Crippen molar-refractivity contribution in [3.8, 4) is 11.5 Å². The number of hydrogen-bond acceptors (Lipinski definition) is 3. The summed E-state index contributed by atoms with van der Waals surface area (Å²) in [6.45, 7) is 3.85. The number of hydrogen-bond donors (Lipinski definition) is 1. The lowest BCUT2D eigenvalue weighted by Gasteiger charge is -2.18. The Morgan fingerprint density at radius 2 is 1.87 bits per heavy atom. The van der Waals surface area contributed by atoms with Gasteiger partial charge in [0.2, 0.25) is 5.91 Å². The number of carbonyl (C=O) groups excluding carboxylic acids is 1. The van der Waals surface area contributed by atoms with Gasteiger partial charge in [-0.05, 0) is 36.6 Å². The van der Waals surface area contributed by atoms with Crippen LogP contribution < -0.4 is 14.8 Å². The first-order valence-electron chi connectivity index (χ1n) is 7.91. The molecule has 0 saturated heterocycles. The van der Waals surface area contributed by atoms with Gasteiger partial charge >= 0.3 is 0 Å². The van der Waals surface area contributed by atoms with Crippen LogP contribution in [0.5, 0.6) is 11.5 Å². The molecule has 0 aliphatic carbocycles. The third-order valence-corrected chi connectivity index (χ3v) is 3.79. The summed E-state index contributed by atoms with van der Waals surface area (Å²) in [6.07, 6.45) is 1.19. The van der Waals surface area contributed by atoms with Gasteiger partial charge in [-0.3, -0.25) is 4.79 Å². The predicted octanol–water partition coefficient (Wildman–Crippen LogP) is 2.67. The van der Waals surface area contributed by atoms with Crippen LogP contribution in [0.15, 0.2) is 42.5 Å². The molecule has 0 saturated carbocycles. The molecular formula is C19H21NO3. The standard InChI is InChI=1S/C19H21NO3/c1-14-3-2-4-15(11-14)7-8-20-19(21)13-16-5-6-17-18(12-16)23-10-9-22-17/h2-6,11-12H,7-10,13H2,1H3,(H,20,21). The van der Waals surface area contributed by atoms with Crippen molar-refractivity contribution in [2.45, 2.75) is 19.8 Å². The smallest absolute Gasteiger partial charge is 0.224 e. The van der Waals surface area contributed by atoms with E-state index in [1.807, 2.05) is 24.3 Å². The van der Waals surface area contributed by atoms with E-state index in [0.717, 1.165) is 23.5 Å². The molecule has 4 heteroatoms. The average molecular weight is 311 g/mol. The Labute approximate surface area is 136 Å². The van der Waals surface area contributed by atoms with E-state index >= 15 is 0 Å². The predicted molar refractivity (Wildman–Crippen MR) is 89.0 cm³/mol. The summed E-state index contributed by atoms with van der Waals surface area (Å²) < 4.78 is 11.0. The number of rotatable bonds is 5. The van der Waals surface area contributed by atoms with Crippen LogP contribution in [0.1, 0.15) is 16.7 Å². The summed E-state index contributed by atoms with van der Waals surface area (Å²) in [7, 11) is 0. The minimum atomic E-state index is 0.0225. The Hall–Kier alpha value is -2.49. The zero-order chi connectivity index (χ0) is 16.1. The highest BCUT2D eigenvalue weighted by Crippen LogP contribution is 2.30. The minimum absolute atomic E-state index is 0.0225. The normalized spacial score (nSPS) is 12.7. The van der Waals surface area contributed by atoms with Crippen LogP contribution in [0, 0.1) is 6.92 Å². The zero-order valence-corrected chi connectivity index (χ0v) is 13.3. The molecule has 0 spiro atoms. The lowest BCUT2D eigenvalue weighted by molar-refractivity contribution is -0.120. The molecular weight excluding hydrogens is 290 g/mol. The highest BCUT2D eigenvalue weighted by atomic mass is 16.6. The molecule has 0 atom stereocenters. The molecule has 3 rings (SSSR count). The average Bonchev–Trinajstić information content (AvgIpc) is 2.55. The molecule has 1 amide bonds. The van der Waals surface area contributed by atoms with Gasteiger partial charge in [-0.15, -0.1) is 0 Å². The summed E-state index contributed by atoms with van der Waals surface area (Å²) in [5.74, 6) is 1.50. The fourth-order valence-electron chi connectivity index (χ4n) is 2.66. The fraction of sp³-hybridized carbons (Fsp3) is 0.316. The minimum Gasteiger partial charge on any atom is -0.486 e. The molecule has 1 N–H and O–H groups in total. The molecule has 1 heterocycles. The van der Waals surface area contributed by atoms with Crippen LogP contribution in [0.2, 0.25) is 0 Å². The molecule has 0 radical (unpaired) electrons. The topological polar surface area (TPSA) is 47.6 Å². The lowest BCUT2D eigenvalue weighted by atomic mass is 10.1. The van der Waals surface area contributed by atoms with Gasteiger partial charge < -0.3 is 14.8 Å². The summed E-state index contributed by atoms with van der Waals surface area (Å²) >= 11 is 0. The van der Waals surface area contributed by atoms with Crippen molar-refractivity contribution in [2.24, 2.45) is 0 Å². The van der Waals surface area contributed by atoms with Gasteiger partial charge in [0.1, 0.15) is 13.2 Å². The monoisotopic (exact) mass is 311 g/mol. The third-order valence-electron chi connectivity index (χ3n) is 3.79. The van der Waals surface area contributed by atoms with Crippen LogP contribution in [0.25, 0.3) is 0 Å². The number of carbonyl (C=O) groups is 1. The van der Waals surface area contributed by atoms with E-state index < -0.39 is 0 Å². The van der Waals surface area contributed by atoms with Crippen LogP contribution in [0.4, 0.5) is 0 Å². The van der Waals surface area contributed by atoms with Gasteiger partial charge in [0.15, 0.2) is 11.5 Å². The zero-order valence-electron chi connectivity index (χ0n) is 13.3. The second-order valence-electron chi connectivity index (χ2n) is 5.74. The maximum atomic E-state index is 12.1. The summed E-state index contributed by atoms with van der Waals surface area (Å²) in [5, 5.41) is 2.97. The van der Waals surface area contributed by atoms with Gasteiger partial charge in [0.25, 0.3) is 0 Å². The van der Waals surface area contributed by atoms with Gasteiger partial charge in [0.05, 0.1) is 6.42 Å². The van der Waals surface area contributed by atoms with Gasteiger partial charge in [0, 0.05) is 6.54 Å². The van der Waals surface area contributed by atoms with Crippen molar-refractivity contribution in [1.82, 2.24) is 5.32 Å². The molecule has 2 aromatic rings. The number of ether oxygens (including phenoxy) is 2. The first kappa shape index (κ1) is 15.4. The second kappa shape index (κ2) is 7.18. The van der Waals surface area contributed by atoms with Crippen molar-refractivity contribution >= 4 is 5.91 Å². The highest BCUT2D eigenvalue weighted by molar-refractivity contribution is 5.78. The van der Waals surface area contributed by atoms with Crippen molar-refractivity contribution in [1.29, 1.82) is 0 Å². The number of amides is 1. The summed E-state index contributed by atoms with van der Waals surface area (Å²) in [6, 6.07) is 14.0. The van der Waals surface area contributed by atoms with Crippen molar-refractivity contribution in [3.63, 3.8) is 0 Å². The first-order valence-corrected chi connectivity index (χ1v) is 7.91. The van der Waals surface area contributed by atoms with E-state index in [4.69, 9.17) is 9.47 Å². The van der Waals surface area contributed by atoms with E-state index in [2.05, 4.69) is 30.4 Å². The van der Waals surface area contributed by atoms with Crippen LogP contribution in [-0.4, -0.2) is 25.7 Å². The van der Waals surface area contributed by atoms with E-state index in [0.29, 0.717) is 26.2 Å². The quantitative estimate of drug-likeness (QED) is 0.923. The fourth-order valence-corrected chi connectivity index (χ4v) is 2.66. The van der Waals surface area contributed by atoms with Gasteiger partial charge in [-0.1, -0.05) is 35.9 Å². The van der Waals surface area contributed by atoms with Crippen LogP contribution >= 0.6 is 0 Å². The second-order valence-corrected chi connectivity index (χ2v) is 5.74. The van der Waals surface area contributed by atoms with Crippen LogP contribution in [0.3, 0.4) is 0 Å². The SMILES string of the molecule is Cc1cccc(CCNC(=O)Cc2ccc3c(c2)OCCO3)c1. The molecule has 1 aliphatic rings. The van der Waals surface area contributed by atoms with E-state index in [9.17, 15) is 4.79 Å². The number of fused-ring (bicyclic) bond motifs is 1. The van der Waals surface area contributed by atoms with E-state index in [1.165, 1.54) is 11.1 Å². The summed E-state index contributed by atoms with van der Waals surface area (Å²) in [5.41, 5.74) is 3.41. The molecule has 0 fully saturated rings. The molecule has 23 heavy (non-hydrogen) atoms. The number of aryl methyl sites for hydroxylation is 1. The number of benzene rings is 2. The molecule has 0 bridgehead atoms. The Morgan fingerprint density at radius 1 is 1.04 bits per heavy atom. The maximum Gasteiger partial charge on any atom is 0.224 e. The number of nitrogens with one attached hydrogen (secondary N) is 1.